The van der Waals surface area contributed by atoms with Gasteiger partial charge < -0.3 is 15.8 Å². The number of hydrogen-bond acceptors (Lipinski definition) is 4. The SMILES string of the molecule is NC(=O)c1cccc(NC(=O)c2ccncc2)c1OCc1ccccc1. The Labute approximate surface area is 150 Å². The summed E-state index contributed by atoms with van der Waals surface area (Å²) in [6.45, 7) is 0.239. The monoisotopic (exact) mass is 347 g/mol. The minimum absolute atomic E-state index is 0.202. The van der Waals surface area contributed by atoms with E-state index >= 15 is 0 Å². The van der Waals surface area contributed by atoms with Gasteiger partial charge in [-0.1, -0.05) is 36.4 Å². The number of anilines is 1. The van der Waals surface area contributed by atoms with Crippen molar-refractivity contribution in [3.8, 4) is 5.75 Å². The molecular weight excluding hydrogens is 330 g/mol. The maximum absolute atomic E-state index is 12.4. The Hall–Kier alpha value is -3.67. The highest BCUT2D eigenvalue weighted by Gasteiger charge is 2.17. The fourth-order valence-electron chi connectivity index (χ4n) is 2.41. The summed E-state index contributed by atoms with van der Waals surface area (Å²) in [5.74, 6) is -0.724. The number of primary amides is 1. The molecule has 0 aliphatic rings. The van der Waals surface area contributed by atoms with Crippen molar-refractivity contribution < 1.29 is 14.3 Å². The third-order valence-corrected chi connectivity index (χ3v) is 3.70. The molecule has 3 aromatic rings. The van der Waals surface area contributed by atoms with Crippen LogP contribution in [0.15, 0.2) is 73.1 Å². The molecule has 0 aliphatic heterocycles. The topological polar surface area (TPSA) is 94.3 Å². The number of nitrogens with two attached hydrogens (primary N) is 1. The van der Waals surface area contributed by atoms with E-state index in [0.717, 1.165) is 5.56 Å². The predicted octanol–water partition coefficient (Wildman–Crippen LogP) is 3.01. The molecule has 0 aliphatic carbocycles. The molecule has 0 saturated carbocycles. The molecule has 1 aromatic heterocycles. The number of benzene rings is 2. The molecule has 3 rings (SSSR count). The van der Waals surface area contributed by atoms with E-state index in [9.17, 15) is 9.59 Å². The molecule has 0 spiro atoms. The summed E-state index contributed by atoms with van der Waals surface area (Å²) < 4.78 is 5.82. The van der Waals surface area contributed by atoms with Crippen LogP contribution in [0.25, 0.3) is 0 Å². The number of hydrogen-bond donors (Lipinski definition) is 2. The number of ether oxygens (including phenoxy) is 1. The summed E-state index contributed by atoms with van der Waals surface area (Å²) in [7, 11) is 0. The van der Waals surface area contributed by atoms with Gasteiger partial charge >= 0.3 is 0 Å². The van der Waals surface area contributed by atoms with Crippen molar-refractivity contribution in [1.29, 1.82) is 0 Å². The quantitative estimate of drug-likeness (QED) is 0.716. The van der Waals surface area contributed by atoms with E-state index in [-0.39, 0.29) is 23.8 Å². The van der Waals surface area contributed by atoms with E-state index in [1.165, 1.54) is 12.4 Å². The number of rotatable bonds is 6. The van der Waals surface area contributed by atoms with Crippen LogP contribution in [0, 0.1) is 0 Å². The van der Waals surface area contributed by atoms with Crippen LogP contribution in [0.1, 0.15) is 26.3 Å². The average Bonchev–Trinajstić information content (AvgIpc) is 2.68. The fraction of sp³-hybridized carbons (Fsp3) is 0.0500. The van der Waals surface area contributed by atoms with Crippen LogP contribution < -0.4 is 15.8 Å². The molecule has 6 nitrogen and oxygen atoms in total. The number of pyridine rings is 1. The van der Waals surface area contributed by atoms with Gasteiger partial charge in [0.2, 0.25) is 0 Å². The number of para-hydroxylation sites is 1. The molecule has 26 heavy (non-hydrogen) atoms. The number of carbonyl (C=O) groups is 2. The minimum atomic E-state index is -0.631. The van der Waals surface area contributed by atoms with Gasteiger partial charge in [-0.25, -0.2) is 0 Å². The Bertz CT molecular complexity index is 912. The Morgan fingerprint density at radius 1 is 0.962 bits per heavy atom. The number of carbonyl (C=O) groups excluding carboxylic acids is 2. The molecule has 130 valence electrons. The predicted molar refractivity (Wildman–Crippen MR) is 97.9 cm³/mol. The molecule has 2 amide bonds. The largest absolute Gasteiger partial charge is 0.486 e. The fourth-order valence-corrected chi connectivity index (χ4v) is 2.41. The van der Waals surface area contributed by atoms with Gasteiger partial charge in [-0.2, -0.15) is 0 Å². The highest BCUT2D eigenvalue weighted by molar-refractivity contribution is 6.06. The van der Waals surface area contributed by atoms with Crippen molar-refractivity contribution in [2.24, 2.45) is 5.73 Å². The van der Waals surface area contributed by atoms with Crippen LogP contribution in [0.2, 0.25) is 0 Å². The summed E-state index contributed by atoms with van der Waals surface area (Å²) in [6.07, 6.45) is 3.06. The Kier molecular flexibility index (Phi) is 5.24. The summed E-state index contributed by atoms with van der Waals surface area (Å²) in [4.78, 5) is 28.1. The first-order chi connectivity index (χ1) is 12.6. The van der Waals surface area contributed by atoms with E-state index in [1.807, 2.05) is 30.3 Å². The highest BCUT2D eigenvalue weighted by atomic mass is 16.5. The number of nitrogens with one attached hydrogen (secondary N) is 1. The van der Waals surface area contributed by atoms with Crippen LogP contribution in [0.3, 0.4) is 0 Å². The zero-order valence-electron chi connectivity index (χ0n) is 13.9. The normalized spacial score (nSPS) is 10.2. The second kappa shape index (κ2) is 7.94. The second-order valence-electron chi connectivity index (χ2n) is 5.51. The number of nitrogens with zero attached hydrogens (tertiary/aromatic N) is 1. The lowest BCUT2D eigenvalue weighted by Crippen LogP contribution is -2.17. The molecule has 1 heterocycles. The number of amides is 2. The standard InChI is InChI=1S/C20H17N3O3/c21-19(24)16-7-4-8-17(23-20(25)15-9-11-22-12-10-15)18(16)26-13-14-5-2-1-3-6-14/h1-12H,13H2,(H2,21,24)(H,23,25). The molecule has 0 radical (unpaired) electrons. The molecule has 0 atom stereocenters. The van der Waals surface area contributed by atoms with Crippen LogP contribution >= 0.6 is 0 Å². The first kappa shape index (κ1) is 17.2. The van der Waals surface area contributed by atoms with Crippen LogP contribution in [-0.4, -0.2) is 16.8 Å². The van der Waals surface area contributed by atoms with Crippen molar-refractivity contribution in [3.05, 3.63) is 89.7 Å². The molecule has 0 fully saturated rings. The van der Waals surface area contributed by atoms with E-state index in [2.05, 4.69) is 10.3 Å². The van der Waals surface area contributed by atoms with E-state index in [4.69, 9.17) is 10.5 Å². The van der Waals surface area contributed by atoms with Gasteiger partial charge in [0.25, 0.3) is 11.8 Å². The van der Waals surface area contributed by atoms with Gasteiger partial charge in [-0.05, 0) is 29.8 Å². The van der Waals surface area contributed by atoms with Gasteiger partial charge in [0, 0.05) is 18.0 Å². The van der Waals surface area contributed by atoms with E-state index in [1.54, 1.807) is 30.3 Å². The lowest BCUT2D eigenvalue weighted by Gasteiger charge is -2.15. The molecule has 3 N–H and O–H groups in total. The van der Waals surface area contributed by atoms with Crippen LogP contribution in [0.4, 0.5) is 5.69 Å². The lowest BCUT2D eigenvalue weighted by atomic mass is 10.1. The zero-order valence-corrected chi connectivity index (χ0v) is 13.9. The van der Waals surface area contributed by atoms with Gasteiger partial charge in [-0.3, -0.25) is 14.6 Å². The van der Waals surface area contributed by atoms with Crippen molar-refractivity contribution >= 4 is 17.5 Å². The van der Waals surface area contributed by atoms with Crippen molar-refractivity contribution in [2.75, 3.05) is 5.32 Å². The smallest absolute Gasteiger partial charge is 0.255 e. The maximum atomic E-state index is 12.4. The Morgan fingerprint density at radius 3 is 2.38 bits per heavy atom. The second-order valence-corrected chi connectivity index (χ2v) is 5.51. The van der Waals surface area contributed by atoms with Crippen molar-refractivity contribution in [1.82, 2.24) is 4.98 Å². The Balaban J connectivity index is 1.88. The Morgan fingerprint density at radius 2 is 1.69 bits per heavy atom. The molecule has 6 heteroatoms. The lowest BCUT2D eigenvalue weighted by molar-refractivity contribution is 0.0991. The van der Waals surface area contributed by atoms with Crippen molar-refractivity contribution in [3.63, 3.8) is 0 Å². The maximum Gasteiger partial charge on any atom is 0.255 e. The molecule has 2 aromatic carbocycles. The van der Waals surface area contributed by atoms with Crippen molar-refractivity contribution in [2.45, 2.75) is 6.61 Å². The first-order valence-corrected chi connectivity index (χ1v) is 7.96. The molecule has 0 saturated heterocycles. The minimum Gasteiger partial charge on any atom is -0.486 e. The molecule has 0 unspecified atom stereocenters. The number of aromatic nitrogens is 1. The van der Waals surface area contributed by atoms with Crippen LogP contribution in [0.5, 0.6) is 5.75 Å². The van der Waals surface area contributed by atoms with Gasteiger partial charge in [0.05, 0.1) is 11.3 Å². The summed E-state index contributed by atoms with van der Waals surface area (Å²) in [5, 5.41) is 2.76. The first-order valence-electron chi connectivity index (χ1n) is 7.96. The summed E-state index contributed by atoms with van der Waals surface area (Å²) in [6, 6.07) is 17.5. The van der Waals surface area contributed by atoms with Gasteiger partial charge in [0.1, 0.15) is 6.61 Å². The van der Waals surface area contributed by atoms with Gasteiger partial charge in [-0.15, -0.1) is 0 Å². The van der Waals surface area contributed by atoms with E-state index in [0.29, 0.717) is 11.3 Å². The summed E-state index contributed by atoms with van der Waals surface area (Å²) >= 11 is 0. The highest BCUT2D eigenvalue weighted by Crippen LogP contribution is 2.30. The average molecular weight is 347 g/mol. The molecular formula is C20H17N3O3. The third kappa shape index (κ3) is 4.05. The van der Waals surface area contributed by atoms with E-state index < -0.39 is 5.91 Å². The molecule has 0 bridgehead atoms. The summed E-state index contributed by atoms with van der Waals surface area (Å²) in [5.41, 5.74) is 7.40. The third-order valence-electron chi connectivity index (χ3n) is 3.70. The van der Waals surface area contributed by atoms with Gasteiger partial charge in [0.15, 0.2) is 5.75 Å². The zero-order chi connectivity index (χ0) is 18.4. The van der Waals surface area contributed by atoms with Crippen LogP contribution in [-0.2, 0) is 6.61 Å².